The summed E-state index contributed by atoms with van der Waals surface area (Å²) in [7, 11) is 0. The molecule has 1 aromatic heterocycles. The van der Waals surface area contributed by atoms with Crippen molar-refractivity contribution in [3.05, 3.63) is 23.7 Å². The summed E-state index contributed by atoms with van der Waals surface area (Å²) in [5, 5.41) is 11.7. The summed E-state index contributed by atoms with van der Waals surface area (Å²) < 4.78 is 1.14. The van der Waals surface area contributed by atoms with E-state index in [0.29, 0.717) is 13.0 Å². The first-order valence-electron chi connectivity index (χ1n) is 5.04. The van der Waals surface area contributed by atoms with Gasteiger partial charge in [0.25, 0.3) is 0 Å². The fraction of sp³-hybridized carbons (Fsp3) is 0.273. The number of nitrogens with zero attached hydrogens (tertiary/aromatic N) is 1. The van der Waals surface area contributed by atoms with Gasteiger partial charge in [0.15, 0.2) is 0 Å². The average Bonchev–Trinajstić information content (AvgIpc) is 2.71. The number of nitrogens with one attached hydrogen (secondary N) is 1. The first kappa shape index (κ1) is 10.9. The summed E-state index contributed by atoms with van der Waals surface area (Å²) in [5.41, 5.74) is 3.84. The molecule has 0 amide bonds. The maximum Gasteiger partial charge on any atom is 0.303 e. The number of carboxylic acids is 1. The number of aliphatic carboxylic acids is 1. The lowest BCUT2D eigenvalue weighted by Crippen LogP contribution is -2.04. The van der Waals surface area contributed by atoms with E-state index in [1.54, 1.807) is 11.3 Å². The van der Waals surface area contributed by atoms with Gasteiger partial charge in [-0.1, -0.05) is 0 Å². The van der Waals surface area contributed by atoms with Gasteiger partial charge in [-0.15, -0.1) is 11.3 Å². The van der Waals surface area contributed by atoms with Crippen LogP contribution in [0.1, 0.15) is 12.8 Å². The van der Waals surface area contributed by atoms with Crippen molar-refractivity contribution in [1.82, 2.24) is 4.98 Å². The largest absolute Gasteiger partial charge is 0.481 e. The Morgan fingerprint density at radius 1 is 1.50 bits per heavy atom. The molecule has 2 rings (SSSR count). The van der Waals surface area contributed by atoms with Gasteiger partial charge in [-0.2, -0.15) is 0 Å². The smallest absolute Gasteiger partial charge is 0.303 e. The van der Waals surface area contributed by atoms with Crippen molar-refractivity contribution in [2.45, 2.75) is 12.8 Å². The third-order valence-corrected chi connectivity index (χ3v) is 3.02. The van der Waals surface area contributed by atoms with Crippen molar-refractivity contribution in [2.75, 3.05) is 11.9 Å². The third-order valence-electron chi connectivity index (χ3n) is 2.23. The van der Waals surface area contributed by atoms with E-state index >= 15 is 0 Å². The number of hydrogen-bond acceptors (Lipinski definition) is 4. The highest BCUT2D eigenvalue weighted by atomic mass is 32.1. The highest BCUT2D eigenvalue weighted by molar-refractivity contribution is 7.16. The number of fused-ring (bicyclic) bond motifs is 1. The van der Waals surface area contributed by atoms with Crippen LogP contribution in [0.3, 0.4) is 0 Å². The molecule has 0 bridgehead atoms. The average molecular weight is 236 g/mol. The predicted molar refractivity (Wildman–Crippen MR) is 65.0 cm³/mol. The lowest BCUT2D eigenvalue weighted by molar-refractivity contribution is -0.137. The molecule has 0 aliphatic rings. The molecule has 0 unspecified atom stereocenters. The maximum atomic E-state index is 10.3. The van der Waals surface area contributed by atoms with E-state index in [0.717, 1.165) is 15.9 Å². The predicted octanol–water partition coefficient (Wildman–Crippen LogP) is 2.57. The van der Waals surface area contributed by atoms with Gasteiger partial charge in [0.1, 0.15) is 0 Å². The SMILES string of the molecule is O=C(O)CCCNc1ccc2ncsc2c1. The second kappa shape index (κ2) is 4.94. The zero-order chi connectivity index (χ0) is 11.4. The van der Waals surface area contributed by atoms with Gasteiger partial charge in [-0.25, -0.2) is 4.98 Å². The lowest BCUT2D eigenvalue weighted by Gasteiger charge is -2.04. The molecule has 0 spiro atoms. The Bertz CT molecular complexity index is 495. The summed E-state index contributed by atoms with van der Waals surface area (Å²) in [6.07, 6.45) is 0.839. The molecule has 1 aromatic carbocycles. The van der Waals surface area contributed by atoms with Gasteiger partial charge < -0.3 is 10.4 Å². The molecule has 0 fully saturated rings. The molecule has 2 aromatic rings. The number of carboxylic acid groups (broad SMARTS) is 1. The monoisotopic (exact) mass is 236 g/mol. The van der Waals surface area contributed by atoms with E-state index in [4.69, 9.17) is 5.11 Å². The Hall–Kier alpha value is -1.62. The van der Waals surface area contributed by atoms with Crippen LogP contribution >= 0.6 is 11.3 Å². The molecular weight excluding hydrogens is 224 g/mol. The number of rotatable bonds is 5. The van der Waals surface area contributed by atoms with Crippen LogP contribution in [0.25, 0.3) is 10.2 Å². The minimum Gasteiger partial charge on any atom is -0.481 e. The van der Waals surface area contributed by atoms with Crippen LogP contribution in [-0.4, -0.2) is 22.6 Å². The topological polar surface area (TPSA) is 62.2 Å². The maximum absolute atomic E-state index is 10.3. The van der Waals surface area contributed by atoms with Gasteiger partial charge in [-0.3, -0.25) is 4.79 Å². The third kappa shape index (κ3) is 2.70. The normalized spacial score (nSPS) is 10.5. The van der Waals surface area contributed by atoms with Crippen molar-refractivity contribution >= 4 is 33.2 Å². The minimum atomic E-state index is -0.750. The Labute approximate surface area is 96.9 Å². The zero-order valence-corrected chi connectivity index (χ0v) is 9.46. The number of benzene rings is 1. The van der Waals surface area contributed by atoms with E-state index in [1.165, 1.54) is 0 Å². The Balaban J connectivity index is 1.91. The fourth-order valence-electron chi connectivity index (χ4n) is 1.44. The molecule has 0 saturated carbocycles. The molecule has 5 heteroatoms. The summed E-state index contributed by atoms with van der Waals surface area (Å²) in [4.78, 5) is 14.5. The van der Waals surface area contributed by atoms with E-state index in [1.807, 2.05) is 23.7 Å². The summed E-state index contributed by atoms with van der Waals surface area (Å²) in [6, 6.07) is 5.96. The summed E-state index contributed by atoms with van der Waals surface area (Å²) >= 11 is 1.60. The van der Waals surface area contributed by atoms with E-state index in [9.17, 15) is 4.79 Å². The van der Waals surface area contributed by atoms with E-state index < -0.39 is 5.97 Å². The number of carbonyl (C=O) groups is 1. The first-order chi connectivity index (χ1) is 7.75. The number of aromatic nitrogens is 1. The van der Waals surface area contributed by atoms with Crippen LogP contribution in [-0.2, 0) is 4.79 Å². The Kier molecular flexibility index (Phi) is 3.36. The van der Waals surface area contributed by atoms with Crippen molar-refractivity contribution in [2.24, 2.45) is 0 Å². The number of thiazole rings is 1. The molecule has 1 heterocycles. The molecule has 2 N–H and O–H groups in total. The van der Waals surface area contributed by atoms with Crippen LogP contribution in [0.5, 0.6) is 0 Å². The zero-order valence-electron chi connectivity index (χ0n) is 8.64. The molecule has 0 aliphatic carbocycles. The number of hydrogen-bond donors (Lipinski definition) is 2. The van der Waals surface area contributed by atoms with Crippen LogP contribution in [0.2, 0.25) is 0 Å². The second-order valence-corrected chi connectivity index (χ2v) is 4.35. The molecule has 84 valence electrons. The van der Waals surface area contributed by atoms with Crippen LogP contribution in [0.4, 0.5) is 5.69 Å². The standard InChI is InChI=1S/C11H12N2O2S/c14-11(15)2-1-5-12-8-3-4-9-10(6-8)16-7-13-9/h3-4,6-7,12H,1-2,5H2,(H,14,15). The van der Waals surface area contributed by atoms with Gasteiger partial charge in [0, 0.05) is 18.7 Å². The quantitative estimate of drug-likeness (QED) is 0.783. The summed E-state index contributed by atoms with van der Waals surface area (Å²) in [5.74, 6) is -0.750. The van der Waals surface area contributed by atoms with Gasteiger partial charge in [-0.05, 0) is 24.6 Å². The van der Waals surface area contributed by atoms with Crippen LogP contribution in [0.15, 0.2) is 23.7 Å². The first-order valence-corrected chi connectivity index (χ1v) is 5.92. The van der Waals surface area contributed by atoms with Gasteiger partial charge in [0.05, 0.1) is 15.7 Å². The Morgan fingerprint density at radius 3 is 3.19 bits per heavy atom. The molecule has 4 nitrogen and oxygen atoms in total. The van der Waals surface area contributed by atoms with Crippen molar-refractivity contribution in [1.29, 1.82) is 0 Å². The van der Waals surface area contributed by atoms with Crippen molar-refractivity contribution in [3.8, 4) is 0 Å². The van der Waals surface area contributed by atoms with Crippen LogP contribution in [0, 0.1) is 0 Å². The molecule has 0 aliphatic heterocycles. The Morgan fingerprint density at radius 2 is 2.38 bits per heavy atom. The molecule has 0 radical (unpaired) electrons. The summed E-state index contributed by atoms with van der Waals surface area (Å²) in [6.45, 7) is 0.677. The highest BCUT2D eigenvalue weighted by Crippen LogP contribution is 2.21. The minimum absolute atomic E-state index is 0.204. The molecule has 0 saturated heterocycles. The molecule has 0 atom stereocenters. The highest BCUT2D eigenvalue weighted by Gasteiger charge is 1.99. The second-order valence-electron chi connectivity index (χ2n) is 3.46. The van der Waals surface area contributed by atoms with E-state index in [-0.39, 0.29) is 6.42 Å². The van der Waals surface area contributed by atoms with Gasteiger partial charge >= 0.3 is 5.97 Å². The molecular formula is C11H12N2O2S. The fourth-order valence-corrected chi connectivity index (χ4v) is 2.15. The van der Waals surface area contributed by atoms with Gasteiger partial charge in [0.2, 0.25) is 0 Å². The van der Waals surface area contributed by atoms with Crippen LogP contribution < -0.4 is 5.32 Å². The van der Waals surface area contributed by atoms with Crippen molar-refractivity contribution in [3.63, 3.8) is 0 Å². The molecule has 16 heavy (non-hydrogen) atoms. The van der Waals surface area contributed by atoms with Crippen molar-refractivity contribution < 1.29 is 9.90 Å². The lowest BCUT2D eigenvalue weighted by atomic mass is 10.2. The number of anilines is 1. The van der Waals surface area contributed by atoms with E-state index in [2.05, 4.69) is 10.3 Å².